The third-order valence-electron chi connectivity index (χ3n) is 2.36. The van der Waals surface area contributed by atoms with Crippen molar-refractivity contribution in [3.8, 4) is 0 Å². The molecule has 0 unspecified atom stereocenters. The molecule has 1 amide bonds. The molecule has 0 aliphatic rings. The van der Waals surface area contributed by atoms with Gasteiger partial charge in [0.15, 0.2) is 0 Å². The first-order valence-corrected chi connectivity index (χ1v) is 6.11. The van der Waals surface area contributed by atoms with Crippen molar-refractivity contribution in [2.45, 2.75) is 0 Å². The predicted octanol–water partition coefficient (Wildman–Crippen LogP) is 3.55. The number of nitrogens with zero attached hydrogens (tertiary/aromatic N) is 2. The second-order valence-corrected chi connectivity index (χ2v) is 4.52. The lowest BCUT2D eigenvalue weighted by molar-refractivity contribution is -0.384. The van der Waals surface area contributed by atoms with Crippen molar-refractivity contribution in [2.24, 2.45) is 0 Å². The van der Waals surface area contributed by atoms with Crippen LogP contribution >= 0.6 is 23.2 Å². The van der Waals surface area contributed by atoms with Crippen molar-refractivity contribution < 1.29 is 9.72 Å². The van der Waals surface area contributed by atoms with Gasteiger partial charge in [0.25, 0.3) is 11.6 Å². The maximum Gasteiger partial charge on any atom is 0.287 e. The lowest BCUT2D eigenvalue weighted by Crippen LogP contribution is -2.13. The van der Waals surface area contributed by atoms with Crippen LogP contribution in [0, 0.1) is 10.1 Å². The highest BCUT2D eigenvalue weighted by Crippen LogP contribution is 2.25. The minimum absolute atomic E-state index is 0.110. The van der Waals surface area contributed by atoms with Gasteiger partial charge in [-0.1, -0.05) is 29.3 Å². The highest BCUT2D eigenvalue weighted by molar-refractivity contribution is 6.33. The van der Waals surface area contributed by atoms with Crippen molar-refractivity contribution >= 4 is 40.6 Å². The molecule has 1 aromatic carbocycles. The molecule has 6 nitrogen and oxygen atoms in total. The quantitative estimate of drug-likeness (QED) is 0.533. The number of nitro groups is 1. The molecule has 2 aromatic rings. The van der Waals surface area contributed by atoms with Crippen molar-refractivity contribution in [3.63, 3.8) is 0 Å². The lowest BCUT2D eigenvalue weighted by Gasteiger charge is -2.05. The van der Waals surface area contributed by atoms with Gasteiger partial charge in [0, 0.05) is 11.6 Å². The summed E-state index contributed by atoms with van der Waals surface area (Å²) in [6.45, 7) is 0. The van der Waals surface area contributed by atoms with Crippen LogP contribution < -0.4 is 5.32 Å². The Kier molecular flexibility index (Phi) is 4.16. The third kappa shape index (κ3) is 3.23. The Hall–Kier alpha value is -2.18. The average Bonchev–Trinajstić information content (AvgIpc) is 2.38. The number of pyridine rings is 1. The van der Waals surface area contributed by atoms with Crippen LogP contribution in [0.1, 0.15) is 10.4 Å². The fraction of sp³-hybridized carbons (Fsp3) is 0. The molecular weight excluding hydrogens is 305 g/mol. The molecule has 20 heavy (non-hydrogen) atoms. The summed E-state index contributed by atoms with van der Waals surface area (Å²) in [5.41, 5.74) is -0.0773. The second kappa shape index (κ2) is 5.85. The molecule has 0 aliphatic carbocycles. The second-order valence-electron chi connectivity index (χ2n) is 3.72. The van der Waals surface area contributed by atoms with Crippen molar-refractivity contribution in [3.05, 3.63) is 62.3 Å². The third-order valence-corrected chi connectivity index (χ3v) is 2.88. The fourth-order valence-electron chi connectivity index (χ4n) is 1.46. The first-order chi connectivity index (χ1) is 9.47. The van der Waals surface area contributed by atoms with Gasteiger partial charge in [0.2, 0.25) is 0 Å². The van der Waals surface area contributed by atoms with Crippen molar-refractivity contribution in [1.82, 2.24) is 4.98 Å². The zero-order valence-corrected chi connectivity index (χ0v) is 11.4. The van der Waals surface area contributed by atoms with Crippen LogP contribution in [0.25, 0.3) is 0 Å². The molecule has 0 radical (unpaired) electrons. The highest BCUT2D eigenvalue weighted by Gasteiger charge is 2.15. The van der Waals surface area contributed by atoms with E-state index >= 15 is 0 Å². The smallest absolute Gasteiger partial charge is 0.287 e. The van der Waals surface area contributed by atoms with Gasteiger partial charge in [-0.2, -0.15) is 0 Å². The van der Waals surface area contributed by atoms with E-state index in [-0.39, 0.29) is 27.2 Å². The zero-order valence-electron chi connectivity index (χ0n) is 9.84. The number of amides is 1. The Bertz CT molecular complexity index is 691. The number of halogens is 2. The summed E-state index contributed by atoms with van der Waals surface area (Å²) in [5.74, 6) is -0.214. The Morgan fingerprint density at radius 2 is 2.00 bits per heavy atom. The summed E-state index contributed by atoms with van der Waals surface area (Å²) >= 11 is 11.4. The van der Waals surface area contributed by atoms with Crippen molar-refractivity contribution in [2.75, 3.05) is 5.32 Å². The average molecular weight is 312 g/mol. The summed E-state index contributed by atoms with van der Waals surface area (Å²) in [4.78, 5) is 25.8. The molecular formula is C12H7Cl2N3O3. The predicted molar refractivity (Wildman–Crippen MR) is 75.3 cm³/mol. The van der Waals surface area contributed by atoms with Gasteiger partial charge in [-0.05, 0) is 24.3 Å². The van der Waals surface area contributed by atoms with E-state index in [2.05, 4.69) is 10.3 Å². The minimum atomic E-state index is -0.622. The minimum Gasteiger partial charge on any atom is -0.307 e. The van der Waals surface area contributed by atoms with Crippen LogP contribution in [0.5, 0.6) is 0 Å². The van der Waals surface area contributed by atoms with Gasteiger partial charge < -0.3 is 5.32 Å². The Balaban J connectivity index is 2.22. The van der Waals surface area contributed by atoms with E-state index in [1.54, 1.807) is 18.2 Å². The number of anilines is 1. The number of hydrogen-bond acceptors (Lipinski definition) is 4. The van der Waals surface area contributed by atoms with Crippen LogP contribution in [0.15, 0.2) is 36.4 Å². The Morgan fingerprint density at radius 1 is 1.25 bits per heavy atom. The molecule has 0 aliphatic heterocycles. The van der Waals surface area contributed by atoms with Crippen LogP contribution in [0.4, 0.5) is 11.5 Å². The van der Waals surface area contributed by atoms with E-state index in [4.69, 9.17) is 23.2 Å². The molecule has 2 rings (SSSR count). The van der Waals surface area contributed by atoms with Gasteiger partial charge in [-0.25, -0.2) is 4.98 Å². The molecule has 0 atom stereocenters. The first-order valence-electron chi connectivity index (χ1n) is 5.35. The molecule has 0 bridgehead atoms. The monoisotopic (exact) mass is 311 g/mol. The molecule has 0 saturated carbocycles. The summed E-state index contributed by atoms with van der Waals surface area (Å²) in [7, 11) is 0. The van der Waals surface area contributed by atoms with E-state index in [0.29, 0.717) is 0 Å². The van der Waals surface area contributed by atoms with Crippen molar-refractivity contribution in [1.29, 1.82) is 0 Å². The molecule has 1 heterocycles. The maximum absolute atomic E-state index is 11.9. The Morgan fingerprint density at radius 3 is 2.60 bits per heavy atom. The summed E-state index contributed by atoms with van der Waals surface area (Å²) in [6, 6.07) is 8.47. The number of rotatable bonds is 3. The fourth-order valence-corrected chi connectivity index (χ4v) is 1.88. The Labute approximate surface area is 123 Å². The van der Waals surface area contributed by atoms with Gasteiger partial charge in [0.05, 0.1) is 4.92 Å². The zero-order chi connectivity index (χ0) is 14.7. The van der Waals surface area contributed by atoms with E-state index in [0.717, 1.165) is 0 Å². The summed E-state index contributed by atoms with van der Waals surface area (Å²) < 4.78 is 0. The van der Waals surface area contributed by atoms with E-state index in [1.165, 1.54) is 18.2 Å². The maximum atomic E-state index is 11.9. The van der Waals surface area contributed by atoms with E-state index in [1.807, 2.05) is 0 Å². The SMILES string of the molecule is O=C(Nc1cccc(Cl)n1)c1ccc([N+](=O)[O-])c(Cl)c1. The van der Waals surface area contributed by atoms with Crippen LogP contribution in [0.2, 0.25) is 10.2 Å². The van der Waals surface area contributed by atoms with Gasteiger partial charge in [-0.3, -0.25) is 14.9 Å². The van der Waals surface area contributed by atoms with Gasteiger partial charge in [0.1, 0.15) is 16.0 Å². The number of carbonyl (C=O) groups is 1. The largest absolute Gasteiger partial charge is 0.307 e. The summed E-state index contributed by atoms with van der Waals surface area (Å²) in [6.07, 6.45) is 0. The normalized spacial score (nSPS) is 10.1. The molecule has 0 fully saturated rings. The number of aromatic nitrogens is 1. The number of nitro benzene ring substituents is 1. The van der Waals surface area contributed by atoms with E-state index < -0.39 is 10.8 Å². The van der Waals surface area contributed by atoms with Crippen LogP contribution in [0.3, 0.4) is 0 Å². The van der Waals surface area contributed by atoms with Crippen LogP contribution in [-0.4, -0.2) is 15.8 Å². The molecule has 0 spiro atoms. The molecule has 1 aromatic heterocycles. The number of nitrogens with one attached hydrogen (secondary N) is 1. The topological polar surface area (TPSA) is 85.1 Å². The van der Waals surface area contributed by atoms with Gasteiger partial charge >= 0.3 is 0 Å². The van der Waals surface area contributed by atoms with Crippen LogP contribution in [-0.2, 0) is 0 Å². The molecule has 102 valence electrons. The molecule has 1 N–H and O–H groups in total. The summed E-state index contributed by atoms with van der Waals surface area (Å²) in [5, 5.41) is 13.3. The van der Waals surface area contributed by atoms with E-state index in [9.17, 15) is 14.9 Å². The first kappa shape index (κ1) is 14.2. The highest BCUT2D eigenvalue weighted by atomic mass is 35.5. The standard InChI is InChI=1S/C12H7Cl2N3O3/c13-8-6-7(4-5-9(8)17(19)20)12(18)16-11-3-1-2-10(14)15-11/h1-6H,(H,15,16,18). The molecule has 0 saturated heterocycles. The lowest BCUT2D eigenvalue weighted by atomic mass is 10.2. The van der Waals surface area contributed by atoms with Gasteiger partial charge in [-0.15, -0.1) is 0 Å². The number of benzene rings is 1. The number of hydrogen-bond donors (Lipinski definition) is 1. The molecule has 8 heteroatoms. The number of carbonyl (C=O) groups excluding carboxylic acids is 1.